The highest BCUT2D eigenvalue weighted by Crippen LogP contribution is 2.35. The van der Waals surface area contributed by atoms with Crippen LogP contribution in [0.3, 0.4) is 0 Å². The van der Waals surface area contributed by atoms with Gasteiger partial charge in [-0.2, -0.15) is 5.10 Å². The molecule has 0 saturated heterocycles. The lowest BCUT2D eigenvalue weighted by atomic mass is 9.94. The largest absolute Gasteiger partial charge is 0.480 e. The Bertz CT molecular complexity index is 1280. The van der Waals surface area contributed by atoms with Crippen molar-refractivity contribution >= 4 is 39.2 Å². The Labute approximate surface area is 194 Å². The Morgan fingerprint density at radius 1 is 1.22 bits per heavy atom. The van der Waals surface area contributed by atoms with Crippen molar-refractivity contribution in [1.82, 2.24) is 14.5 Å². The molecule has 11 heteroatoms. The molecule has 0 fully saturated rings. The van der Waals surface area contributed by atoms with Crippen molar-refractivity contribution in [3.05, 3.63) is 70.0 Å². The number of fused-ring (bicyclic) bond motifs is 1. The lowest BCUT2D eigenvalue weighted by Gasteiger charge is -2.24. The van der Waals surface area contributed by atoms with Crippen LogP contribution in [-0.2, 0) is 27.8 Å². The number of para-hydroxylation sites is 1. The van der Waals surface area contributed by atoms with Gasteiger partial charge >= 0.3 is 5.97 Å². The predicted octanol–water partition coefficient (Wildman–Crippen LogP) is 4.42. The average Bonchev–Trinajstić information content (AvgIpc) is 3.13. The number of sulfonamides is 1. The minimum atomic E-state index is -3.96. The van der Waals surface area contributed by atoms with E-state index in [1.165, 1.54) is 29.1 Å². The summed E-state index contributed by atoms with van der Waals surface area (Å²) in [6.07, 6.45) is 3.42. The fourth-order valence-electron chi connectivity index (χ4n) is 3.67. The maximum absolute atomic E-state index is 13.1. The number of hydrogen-bond acceptors (Lipinski definition) is 5. The van der Waals surface area contributed by atoms with Gasteiger partial charge in [-0.1, -0.05) is 35.3 Å². The first-order chi connectivity index (χ1) is 15.2. The molecule has 0 radical (unpaired) electrons. The van der Waals surface area contributed by atoms with E-state index in [-0.39, 0.29) is 16.5 Å². The molecule has 3 aromatic rings. The zero-order chi connectivity index (χ0) is 22.9. The number of aliphatic carboxylic acids is 1. The fourth-order valence-corrected chi connectivity index (χ4v) is 5.63. The van der Waals surface area contributed by atoms with E-state index < -0.39 is 22.0 Å². The van der Waals surface area contributed by atoms with Crippen LogP contribution in [0.25, 0.3) is 0 Å². The molecule has 0 saturated carbocycles. The predicted molar refractivity (Wildman–Crippen MR) is 119 cm³/mol. The van der Waals surface area contributed by atoms with Crippen LogP contribution in [0, 0.1) is 0 Å². The van der Waals surface area contributed by atoms with Gasteiger partial charge in [0.25, 0.3) is 0 Å². The average molecular weight is 496 g/mol. The second kappa shape index (κ2) is 9.11. The zero-order valence-electron chi connectivity index (χ0n) is 16.7. The topological polar surface area (TPSA) is 111 Å². The van der Waals surface area contributed by atoms with Crippen LogP contribution in [0.4, 0.5) is 0 Å². The monoisotopic (exact) mass is 495 g/mol. The van der Waals surface area contributed by atoms with Gasteiger partial charge in [0.15, 0.2) is 0 Å². The maximum atomic E-state index is 13.1. The van der Waals surface area contributed by atoms with E-state index in [1.807, 2.05) is 0 Å². The summed E-state index contributed by atoms with van der Waals surface area (Å²) >= 11 is 12.4. The summed E-state index contributed by atoms with van der Waals surface area (Å²) in [7, 11) is -3.96. The number of nitrogens with zero attached hydrogens (tertiary/aromatic N) is 2. The van der Waals surface area contributed by atoms with Crippen molar-refractivity contribution in [3.63, 3.8) is 0 Å². The molecule has 0 aliphatic heterocycles. The van der Waals surface area contributed by atoms with E-state index in [9.17, 15) is 13.2 Å². The molecule has 1 atom stereocenters. The normalized spacial score (nSPS) is 15.9. The van der Waals surface area contributed by atoms with Crippen LogP contribution in [0.5, 0.6) is 11.5 Å². The molecular formula is C21H19Cl2N3O5S. The number of carboxylic acids is 1. The van der Waals surface area contributed by atoms with E-state index in [0.717, 1.165) is 5.69 Å². The van der Waals surface area contributed by atoms with Crippen LogP contribution in [0.15, 0.2) is 53.6 Å². The number of hydrogen-bond donors (Lipinski definition) is 2. The number of rotatable bonds is 7. The molecule has 0 bridgehead atoms. The number of carboxylic acid groups (broad SMARTS) is 1. The highest BCUT2D eigenvalue weighted by Gasteiger charge is 2.30. The Morgan fingerprint density at radius 2 is 2.00 bits per heavy atom. The van der Waals surface area contributed by atoms with Crippen LogP contribution < -0.4 is 9.46 Å². The van der Waals surface area contributed by atoms with E-state index in [0.29, 0.717) is 41.3 Å². The van der Waals surface area contributed by atoms with E-state index >= 15 is 0 Å². The van der Waals surface area contributed by atoms with Gasteiger partial charge in [-0.05, 0) is 43.5 Å². The highest BCUT2D eigenvalue weighted by molar-refractivity contribution is 7.89. The second-order valence-electron chi connectivity index (χ2n) is 7.29. The first kappa shape index (κ1) is 22.6. The molecule has 1 unspecified atom stereocenters. The van der Waals surface area contributed by atoms with Gasteiger partial charge < -0.3 is 9.84 Å². The van der Waals surface area contributed by atoms with Gasteiger partial charge in [0.1, 0.15) is 22.9 Å². The van der Waals surface area contributed by atoms with Crippen LogP contribution in [0.2, 0.25) is 10.0 Å². The number of halogens is 2. The van der Waals surface area contributed by atoms with Crippen molar-refractivity contribution in [2.45, 2.75) is 36.7 Å². The van der Waals surface area contributed by atoms with Crippen LogP contribution in [0.1, 0.15) is 30.1 Å². The number of carbonyl (C=O) groups is 1. The minimum Gasteiger partial charge on any atom is -0.480 e. The SMILES string of the molecule is O=C(O)Cn1ncc2c1CCCC2NS(=O)(=O)c1ccc(Oc2ccccc2Cl)cc1Cl. The molecule has 4 rings (SSSR count). The number of ether oxygens (including phenoxy) is 1. The Hall–Kier alpha value is -2.59. The molecule has 0 amide bonds. The first-order valence-corrected chi connectivity index (χ1v) is 12.0. The zero-order valence-corrected chi connectivity index (χ0v) is 19.0. The first-order valence-electron chi connectivity index (χ1n) is 9.75. The van der Waals surface area contributed by atoms with Crippen molar-refractivity contribution in [2.24, 2.45) is 0 Å². The third kappa shape index (κ3) is 4.75. The summed E-state index contributed by atoms with van der Waals surface area (Å²) in [4.78, 5) is 11.0. The smallest absolute Gasteiger partial charge is 0.325 e. The number of nitrogens with one attached hydrogen (secondary N) is 1. The molecule has 168 valence electrons. The molecule has 1 heterocycles. The van der Waals surface area contributed by atoms with Gasteiger partial charge in [-0.15, -0.1) is 0 Å². The summed E-state index contributed by atoms with van der Waals surface area (Å²) in [5, 5.41) is 13.6. The molecule has 8 nitrogen and oxygen atoms in total. The van der Waals surface area contributed by atoms with Gasteiger partial charge in [-0.25, -0.2) is 13.1 Å². The molecular weight excluding hydrogens is 477 g/mol. The Morgan fingerprint density at radius 3 is 2.72 bits per heavy atom. The summed E-state index contributed by atoms with van der Waals surface area (Å²) in [5.41, 5.74) is 1.40. The van der Waals surface area contributed by atoms with Crippen molar-refractivity contribution in [1.29, 1.82) is 0 Å². The molecule has 1 aliphatic rings. The van der Waals surface area contributed by atoms with Crippen molar-refractivity contribution in [3.8, 4) is 11.5 Å². The van der Waals surface area contributed by atoms with E-state index in [4.69, 9.17) is 33.0 Å². The Kier molecular flexibility index (Phi) is 6.43. The molecule has 1 aliphatic carbocycles. The number of benzene rings is 2. The van der Waals surface area contributed by atoms with Crippen molar-refractivity contribution < 1.29 is 23.1 Å². The minimum absolute atomic E-state index is 0.000316. The molecule has 2 N–H and O–H groups in total. The maximum Gasteiger partial charge on any atom is 0.325 e. The quantitative estimate of drug-likeness (QED) is 0.501. The van der Waals surface area contributed by atoms with E-state index in [1.54, 1.807) is 24.3 Å². The van der Waals surface area contributed by atoms with Gasteiger partial charge in [-0.3, -0.25) is 9.48 Å². The van der Waals surface area contributed by atoms with E-state index in [2.05, 4.69) is 9.82 Å². The van der Waals surface area contributed by atoms with Crippen LogP contribution >= 0.6 is 23.2 Å². The van der Waals surface area contributed by atoms with Gasteiger partial charge in [0.05, 0.1) is 22.3 Å². The molecule has 2 aromatic carbocycles. The third-order valence-electron chi connectivity index (χ3n) is 5.10. The lowest BCUT2D eigenvalue weighted by Crippen LogP contribution is -2.31. The summed E-state index contributed by atoms with van der Waals surface area (Å²) in [5.74, 6) is -0.242. The Balaban J connectivity index is 1.55. The standard InChI is InChI=1S/C21H19Cl2N3O5S/c22-15-4-1-2-7-19(15)31-13-8-9-20(16(23)10-13)32(29,30)25-17-5-3-6-18-14(17)11-24-26(18)12-21(27)28/h1-2,4,7-11,17,25H,3,5-6,12H2,(H,27,28). The second-order valence-corrected chi connectivity index (χ2v) is 9.79. The highest BCUT2D eigenvalue weighted by atomic mass is 35.5. The summed E-state index contributed by atoms with van der Waals surface area (Å²) < 4.78 is 35.9. The molecule has 32 heavy (non-hydrogen) atoms. The van der Waals surface area contributed by atoms with Crippen LogP contribution in [-0.4, -0.2) is 29.3 Å². The number of aromatic nitrogens is 2. The molecule has 0 spiro atoms. The summed E-state index contributed by atoms with van der Waals surface area (Å²) in [6.45, 7) is -0.270. The fraction of sp³-hybridized carbons (Fsp3) is 0.238. The molecule has 1 aromatic heterocycles. The van der Waals surface area contributed by atoms with Gasteiger partial charge in [0.2, 0.25) is 10.0 Å². The van der Waals surface area contributed by atoms with Crippen molar-refractivity contribution in [2.75, 3.05) is 0 Å². The van der Waals surface area contributed by atoms with Gasteiger partial charge in [0, 0.05) is 17.3 Å². The summed E-state index contributed by atoms with van der Waals surface area (Å²) in [6, 6.07) is 10.7. The lowest BCUT2D eigenvalue weighted by molar-refractivity contribution is -0.137. The third-order valence-corrected chi connectivity index (χ3v) is 7.37.